The van der Waals surface area contributed by atoms with E-state index in [1.807, 2.05) is 0 Å². The summed E-state index contributed by atoms with van der Waals surface area (Å²) in [6.45, 7) is 3.52. The van der Waals surface area contributed by atoms with Crippen molar-refractivity contribution in [3.8, 4) is 0 Å². The molecule has 1 aromatic rings. The van der Waals surface area contributed by atoms with Crippen molar-refractivity contribution in [1.82, 2.24) is 14.8 Å². The first kappa shape index (κ1) is 12.8. The molecule has 0 radical (unpaired) electrons. The molecule has 0 unspecified atom stereocenters. The highest BCUT2D eigenvalue weighted by Gasteiger charge is 2.20. The van der Waals surface area contributed by atoms with E-state index in [0.29, 0.717) is 5.13 Å². The molecular formula is C12H22N4S. The van der Waals surface area contributed by atoms with Crippen LogP contribution in [0.1, 0.15) is 18.5 Å². The maximum atomic E-state index is 5.63. The number of rotatable bonds is 4. The first-order valence-electron chi connectivity index (χ1n) is 6.24. The summed E-state index contributed by atoms with van der Waals surface area (Å²) in [6, 6.07) is 0.738. The van der Waals surface area contributed by atoms with E-state index >= 15 is 0 Å². The molecule has 17 heavy (non-hydrogen) atoms. The van der Waals surface area contributed by atoms with Crippen LogP contribution in [0.2, 0.25) is 0 Å². The first-order chi connectivity index (χ1) is 8.15. The number of likely N-dealkylation sites (tertiary alicyclic amines) is 1. The summed E-state index contributed by atoms with van der Waals surface area (Å²) in [5, 5.41) is 2.75. The Morgan fingerprint density at radius 3 is 2.82 bits per heavy atom. The van der Waals surface area contributed by atoms with Gasteiger partial charge >= 0.3 is 0 Å². The van der Waals surface area contributed by atoms with Crippen LogP contribution >= 0.6 is 11.3 Å². The van der Waals surface area contributed by atoms with Gasteiger partial charge in [0.05, 0.1) is 5.69 Å². The van der Waals surface area contributed by atoms with E-state index < -0.39 is 0 Å². The molecule has 2 rings (SSSR count). The molecule has 1 fully saturated rings. The molecule has 96 valence electrons. The van der Waals surface area contributed by atoms with Crippen LogP contribution in [-0.2, 0) is 6.42 Å². The standard InChI is InChI=1S/C12H22N4S/c1-15-6-4-11(5-7-15)16(2)8-3-10-9-17-12(13)14-10/h9,11H,3-8H2,1-2H3,(H2,13,14). The van der Waals surface area contributed by atoms with Gasteiger partial charge in [-0.1, -0.05) is 0 Å². The van der Waals surface area contributed by atoms with Gasteiger partial charge in [0, 0.05) is 24.4 Å². The van der Waals surface area contributed by atoms with Crippen molar-refractivity contribution in [2.24, 2.45) is 0 Å². The molecule has 1 aliphatic rings. The van der Waals surface area contributed by atoms with Gasteiger partial charge < -0.3 is 15.5 Å². The predicted octanol–water partition coefficient (Wildman–Crippen LogP) is 1.29. The van der Waals surface area contributed by atoms with Crippen LogP contribution in [0.4, 0.5) is 5.13 Å². The van der Waals surface area contributed by atoms with Gasteiger partial charge in [-0.2, -0.15) is 0 Å². The minimum atomic E-state index is 0.682. The third-order valence-electron chi connectivity index (χ3n) is 3.60. The fraction of sp³-hybridized carbons (Fsp3) is 0.750. The molecule has 2 N–H and O–H groups in total. The molecule has 0 spiro atoms. The van der Waals surface area contributed by atoms with Crippen LogP contribution in [-0.4, -0.2) is 54.6 Å². The summed E-state index contributed by atoms with van der Waals surface area (Å²) in [4.78, 5) is 9.18. The van der Waals surface area contributed by atoms with E-state index in [9.17, 15) is 0 Å². The Labute approximate surface area is 107 Å². The number of nitrogens with two attached hydrogens (primary N) is 1. The van der Waals surface area contributed by atoms with Crippen LogP contribution in [0.25, 0.3) is 0 Å². The summed E-state index contributed by atoms with van der Waals surface area (Å²) in [6.07, 6.45) is 3.58. The lowest BCUT2D eigenvalue weighted by atomic mass is 10.0. The van der Waals surface area contributed by atoms with Gasteiger partial charge in [0.15, 0.2) is 5.13 Å². The highest BCUT2D eigenvalue weighted by Crippen LogP contribution is 2.16. The van der Waals surface area contributed by atoms with Crippen LogP contribution in [0.5, 0.6) is 0 Å². The maximum absolute atomic E-state index is 5.63. The Balaban J connectivity index is 1.75. The molecule has 5 heteroatoms. The van der Waals surface area contributed by atoms with E-state index in [2.05, 4.69) is 34.3 Å². The predicted molar refractivity (Wildman–Crippen MR) is 73.4 cm³/mol. The quantitative estimate of drug-likeness (QED) is 0.879. The SMILES string of the molecule is CN1CCC(N(C)CCc2csc(N)n2)CC1. The van der Waals surface area contributed by atoms with Crippen molar-refractivity contribution >= 4 is 16.5 Å². The highest BCUT2D eigenvalue weighted by atomic mass is 32.1. The van der Waals surface area contributed by atoms with Gasteiger partial charge in [-0.05, 0) is 40.0 Å². The minimum absolute atomic E-state index is 0.682. The number of anilines is 1. The third kappa shape index (κ3) is 3.66. The van der Waals surface area contributed by atoms with E-state index in [1.165, 1.54) is 37.3 Å². The Kier molecular flexibility index (Phi) is 4.36. The Morgan fingerprint density at radius 2 is 2.24 bits per heavy atom. The van der Waals surface area contributed by atoms with Gasteiger partial charge in [-0.25, -0.2) is 4.98 Å². The fourth-order valence-corrected chi connectivity index (χ4v) is 2.94. The monoisotopic (exact) mass is 254 g/mol. The second kappa shape index (κ2) is 5.80. The Hall–Kier alpha value is -0.650. The summed E-state index contributed by atoms with van der Waals surface area (Å²) >= 11 is 1.53. The number of thiazole rings is 1. The molecule has 4 nitrogen and oxygen atoms in total. The number of hydrogen-bond donors (Lipinski definition) is 1. The summed E-state index contributed by atoms with van der Waals surface area (Å²) in [5.74, 6) is 0. The zero-order valence-electron chi connectivity index (χ0n) is 10.7. The van der Waals surface area contributed by atoms with Gasteiger partial charge in [0.25, 0.3) is 0 Å². The Morgan fingerprint density at radius 1 is 1.53 bits per heavy atom. The van der Waals surface area contributed by atoms with Gasteiger partial charge in [0.2, 0.25) is 0 Å². The molecule has 1 aliphatic heterocycles. The van der Waals surface area contributed by atoms with Crippen molar-refractivity contribution < 1.29 is 0 Å². The molecule has 0 atom stereocenters. The molecule has 0 amide bonds. The first-order valence-corrected chi connectivity index (χ1v) is 7.12. The van der Waals surface area contributed by atoms with Gasteiger partial charge in [-0.3, -0.25) is 0 Å². The van der Waals surface area contributed by atoms with Crippen LogP contribution in [0.15, 0.2) is 5.38 Å². The highest BCUT2D eigenvalue weighted by molar-refractivity contribution is 7.13. The third-order valence-corrected chi connectivity index (χ3v) is 4.32. The second-order valence-corrected chi connectivity index (χ2v) is 5.83. The Bertz CT molecular complexity index is 344. The van der Waals surface area contributed by atoms with Gasteiger partial charge in [0.1, 0.15) is 0 Å². The number of nitrogens with zero attached hydrogens (tertiary/aromatic N) is 3. The maximum Gasteiger partial charge on any atom is 0.180 e. The van der Waals surface area contributed by atoms with E-state index in [1.54, 1.807) is 0 Å². The van der Waals surface area contributed by atoms with Crippen molar-refractivity contribution in [2.45, 2.75) is 25.3 Å². The zero-order chi connectivity index (χ0) is 12.3. The van der Waals surface area contributed by atoms with Crippen LogP contribution in [0, 0.1) is 0 Å². The average Bonchev–Trinajstić information content (AvgIpc) is 2.73. The smallest absolute Gasteiger partial charge is 0.180 e. The molecule has 1 aromatic heterocycles. The molecule has 0 bridgehead atoms. The number of aromatic nitrogens is 1. The van der Waals surface area contributed by atoms with Crippen molar-refractivity contribution in [3.63, 3.8) is 0 Å². The summed E-state index contributed by atoms with van der Waals surface area (Å²) in [7, 11) is 4.43. The number of nitrogen functional groups attached to an aromatic ring is 1. The van der Waals surface area contributed by atoms with Crippen molar-refractivity contribution in [1.29, 1.82) is 0 Å². The lowest BCUT2D eigenvalue weighted by Gasteiger charge is -2.35. The molecule has 0 saturated carbocycles. The molecule has 0 aliphatic carbocycles. The number of likely N-dealkylation sites (N-methyl/N-ethyl adjacent to an activating group) is 1. The average molecular weight is 254 g/mol. The van der Waals surface area contributed by atoms with E-state index in [0.717, 1.165) is 24.7 Å². The topological polar surface area (TPSA) is 45.4 Å². The number of hydrogen-bond acceptors (Lipinski definition) is 5. The second-order valence-electron chi connectivity index (χ2n) is 4.94. The lowest BCUT2D eigenvalue weighted by Crippen LogP contribution is -2.42. The summed E-state index contributed by atoms with van der Waals surface area (Å²) in [5.41, 5.74) is 6.76. The lowest BCUT2D eigenvalue weighted by molar-refractivity contribution is 0.145. The van der Waals surface area contributed by atoms with Crippen molar-refractivity contribution in [3.05, 3.63) is 11.1 Å². The van der Waals surface area contributed by atoms with Crippen LogP contribution < -0.4 is 5.73 Å². The zero-order valence-corrected chi connectivity index (χ0v) is 11.5. The molecule has 1 saturated heterocycles. The van der Waals surface area contributed by atoms with Crippen LogP contribution in [0.3, 0.4) is 0 Å². The largest absolute Gasteiger partial charge is 0.375 e. The molecule has 0 aromatic carbocycles. The van der Waals surface area contributed by atoms with Gasteiger partial charge in [-0.15, -0.1) is 11.3 Å². The summed E-state index contributed by atoms with van der Waals surface area (Å²) < 4.78 is 0. The van der Waals surface area contributed by atoms with E-state index in [-0.39, 0.29) is 0 Å². The minimum Gasteiger partial charge on any atom is -0.375 e. The number of piperidine rings is 1. The molecule has 2 heterocycles. The van der Waals surface area contributed by atoms with Crippen molar-refractivity contribution in [2.75, 3.05) is 39.5 Å². The molecular weight excluding hydrogens is 232 g/mol. The fourth-order valence-electron chi connectivity index (χ4n) is 2.35. The normalized spacial score (nSPS) is 19.0. The van der Waals surface area contributed by atoms with E-state index in [4.69, 9.17) is 5.73 Å².